The Morgan fingerprint density at radius 2 is 0.931 bits per heavy atom. The molecule has 0 saturated heterocycles. The van der Waals surface area contributed by atoms with Gasteiger partial charge in [0, 0.05) is 12.8 Å². The molecule has 0 amide bonds. The number of aliphatic carboxylic acids is 2. The Hall–Kier alpha value is -1.62. The van der Waals surface area contributed by atoms with E-state index >= 15 is 0 Å². The van der Waals surface area contributed by atoms with Crippen LogP contribution in [0.3, 0.4) is 0 Å². The zero-order chi connectivity index (χ0) is 41.7. The van der Waals surface area contributed by atoms with Crippen molar-refractivity contribution in [3.8, 4) is 0 Å². The number of carboxylic acids is 2. The molecule has 0 spiro atoms. The number of nitrogens with zero attached hydrogens (tertiary/aromatic N) is 2. The average Bonchev–Trinajstić information content (AvgIpc) is 3.72. The van der Waals surface area contributed by atoms with E-state index in [1.165, 1.54) is 0 Å². The van der Waals surface area contributed by atoms with Crippen LogP contribution in [0.5, 0.6) is 0 Å². The van der Waals surface area contributed by atoms with Crippen LogP contribution in [0, 0.1) is 92.7 Å². The van der Waals surface area contributed by atoms with Crippen LogP contribution < -0.4 is 0 Å². The lowest BCUT2D eigenvalue weighted by atomic mass is 9.42. The molecule has 8 aliphatic rings. The third-order valence-electron chi connectivity index (χ3n) is 21.0. The predicted molar refractivity (Wildman–Crippen MR) is 220 cm³/mol. The number of hydrogen-bond donors (Lipinski definition) is 6. The lowest BCUT2D eigenvalue weighted by Crippen LogP contribution is -2.62. The highest BCUT2D eigenvalue weighted by Gasteiger charge is 2.68. The third-order valence-corrected chi connectivity index (χ3v) is 21.0. The molecule has 0 aromatic heterocycles. The van der Waals surface area contributed by atoms with Gasteiger partial charge in [0.15, 0.2) is 0 Å². The quantitative estimate of drug-likeness (QED) is 0.119. The van der Waals surface area contributed by atoms with Crippen molar-refractivity contribution in [3.63, 3.8) is 0 Å². The summed E-state index contributed by atoms with van der Waals surface area (Å²) in [5, 5.41) is 77.0. The molecule has 58 heavy (non-hydrogen) atoms. The largest absolute Gasteiger partial charge is 0.481 e. The number of fused-ring (bicyclic) bond motifs is 10. The van der Waals surface area contributed by atoms with Crippen LogP contribution >= 0.6 is 0 Å². The third kappa shape index (κ3) is 6.76. The summed E-state index contributed by atoms with van der Waals surface area (Å²) in [5.74, 6) is 1.57. The summed E-state index contributed by atoms with van der Waals surface area (Å²) >= 11 is 0. The molecule has 8 fully saturated rings. The van der Waals surface area contributed by atoms with Crippen molar-refractivity contribution < 1.29 is 40.2 Å². The van der Waals surface area contributed by atoms with Gasteiger partial charge < -0.3 is 30.6 Å². The summed E-state index contributed by atoms with van der Waals surface area (Å²) in [4.78, 5) is 23.3. The summed E-state index contributed by atoms with van der Waals surface area (Å²) in [7, 11) is 0. The molecule has 328 valence electrons. The molecule has 0 radical (unpaired) electrons. The molecule has 22 atom stereocenters. The second-order valence-corrected chi connectivity index (χ2v) is 23.1. The standard InChI is InChI=1S/C48H78N2O8/c1-25(7-13-41(55)56)31-9-11-33-43-35(23-39(53)47(31,33)5)45(3)17-15-29(51)19-27(45)21-37(43)49-50-38-22-28-20-30(52)16-18-46(28,4)36-24-40(54)48(6)32(10-12-34(48)44(36)38)26(2)8-14-42(57)58/h25-40,43-44,51-54H,7-24H2,1-6H3,(H,55,56)(H,57,58)/t25-,26-,27-,28+,29-,30-,31-,32-,33+,34+,35+,36+,37-,38-,39+,40+,43+,44+,45+,46+,47-,48-/m1/s1. The van der Waals surface area contributed by atoms with Crippen LogP contribution in [0.1, 0.15) is 157 Å². The second-order valence-electron chi connectivity index (χ2n) is 23.1. The molecular weight excluding hydrogens is 733 g/mol. The number of carboxylic acid groups (broad SMARTS) is 2. The predicted octanol–water partition coefficient (Wildman–Crippen LogP) is 8.38. The molecule has 0 aromatic rings. The zero-order valence-corrected chi connectivity index (χ0v) is 36.5. The van der Waals surface area contributed by atoms with Gasteiger partial charge in [-0.05, 0) is 195 Å². The SMILES string of the molecule is C[C@H](CCC(=O)O)[C@H]1CC[C@H]2[C@@H]3[C@H](N=N[C@@H]4C[C@@H]5C[C@H](O)CC[C@]5(C)[C@H]5C[C@H](O)[C@]6(C)[C@@H]([C@H](C)CCC(=O)O)CC[C@H]6[C@H]45)C[C@H]4C[C@H](O)CC[C@]4(C)[C@H]3C[C@H](O)[C@]12C. The minimum Gasteiger partial charge on any atom is -0.481 e. The first-order valence-electron chi connectivity index (χ1n) is 23.9. The Labute approximate surface area is 347 Å². The van der Waals surface area contributed by atoms with E-state index in [-0.39, 0.29) is 118 Å². The van der Waals surface area contributed by atoms with Gasteiger partial charge in [0.05, 0.1) is 36.5 Å². The van der Waals surface area contributed by atoms with Gasteiger partial charge in [0.2, 0.25) is 0 Å². The first-order chi connectivity index (χ1) is 27.3. The first kappa shape index (κ1) is 43.0. The molecule has 8 rings (SSSR count). The van der Waals surface area contributed by atoms with E-state index in [0.29, 0.717) is 24.7 Å². The van der Waals surface area contributed by atoms with Gasteiger partial charge in [-0.2, -0.15) is 10.2 Å². The Morgan fingerprint density at radius 3 is 1.29 bits per heavy atom. The second kappa shape index (κ2) is 15.6. The minimum atomic E-state index is -0.761. The maximum atomic E-state index is 12.3. The molecular formula is C48H78N2O8. The monoisotopic (exact) mass is 811 g/mol. The van der Waals surface area contributed by atoms with Crippen LogP contribution in [-0.2, 0) is 9.59 Å². The normalized spacial score (nSPS) is 53.3. The molecule has 0 unspecified atom stereocenters. The molecule has 0 heterocycles. The molecule has 0 bridgehead atoms. The van der Waals surface area contributed by atoms with E-state index in [1.807, 2.05) is 0 Å². The molecule has 6 N–H and O–H groups in total. The van der Waals surface area contributed by atoms with Crippen LogP contribution in [-0.4, -0.2) is 79.1 Å². The minimum absolute atomic E-state index is 0.0126. The lowest BCUT2D eigenvalue weighted by Gasteiger charge is -2.64. The summed E-state index contributed by atoms with van der Waals surface area (Å²) in [5.41, 5.74) is -0.618. The van der Waals surface area contributed by atoms with Crippen molar-refractivity contribution >= 4 is 11.9 Å². The number of rotatable bonds is 10. The molecule has 8 saturated carbocycles. The number of aliphatic hydroxyl groups is 4. The van der Waals surface area contributed by atoms with Crippen molar-refractivity contribution in [2.75, 3.05) is 0 Å². The van der Waals surface area contributed by atoms with E-state index in [9.17, 15) is 40.2 Å². The van der Waals surface area contributed by atoms with E-state index < -0.39 is 24.1 Å². The van der Waals surface area contributed by atoms with Gasteiger partial charge in [0.25, 0.3) is 0 Å². The fourth-order valence-corrected chi connectivity index (χ4v) is 17.8. The maximum Gasteiger partial charge on any atom is 0.303 e. The molecule has 0 aliphatic heterocycles. The Balaban J connectivity index is 1.15. The smallest absolute Gasteiger partial charge is 0.303 e. The Bertz CT molecular complexity index is 1460. The van der Waals surface area contributed by atoms with Gasteiger partial charge in [-0.25, -0.2) is 0 Å². The zero-order valence-electron chi connectivity index (χ0n) is 36.5. The topological polar surface area (TPSA) is 180 Å². The van der Waals surface area contributed by atoms with Crippen LogP contribution in [0.15, 0.2) is 10.2 Å². The van der Waals surface area contributed by atoms with E-state index in [0.717, 1.165) is 89.9 Å². The van der Waals surface area contributed by atoms with Crippen molar-refractivity contribution in [2.45, 2.75) is 194 Å². The van der Waals surface area contributed by atoms with E-state index in [4.69, 9.17) is 10.2 Å². The summed E-state index contributed by atoms with van der Waals surface area (Å²) in [6, 6.07) is -0.0372. The summed E-state index contributed by atoms with van der Waals surface area (Å²) < 4.78 is 0. The van der Waals surface area contributed by atoms with Crippen molar-refractivity contribution in [2.24, 2.45) is 103 Å². The number of aliphatic hydroxyl groups excluding tert-OH is 4. The van der Waals surface area contributed by atoms with Gasteiger partial charge in [0.1, 0.15) is 0 Å². The van der Waals surface area contributed by atoms with E-state index in [2.05, 4.69) is 41.5 Å². The van der Waals surface area contributed by atoms with Crippen LogP contribution in [0.25, 0.3) is 0 Å². The summed E-state index contributed by atoms with van der Waals surface area (Å²) in [6.45, 7) is 13.9. The summed E-state index contributed by atoms with van der Waals surface area (Å²) in [6.07, 6.45) is 12.3. The van der Waals surface area contributed by atoms with Crippen LogP contribution in [0.4, 0.5) is 0 Å². The van der Waals surface area contributed by atoms with Crippen molar-refractivity contribution in [1.29, 1.82) is 0 Å². The number of carbonyl (C=O) groups is 2. The van der Waals surface area contributed by atoms with Crippen molar-refractivity contribution in [3.05, 3.63) is 0 Å². The van der Waals surface area contributed by atoms with Gasteiger partial charge in [-0.3, -0.25) is 9.59 Å². The highest BCUT2D eigenvalue weighted by atomic mass is 16.4. The molecule has 8 aliphatic carbocycles. The first-order valence-corrected chi connectivity index (χ1v) is 23.9. The fraction of sp³-hybridized carbons (Fsp3) is 0.958. The average molecular weight is 811 g/mol. The molecule has 0 aromatic carbocycles. The Kier molecular flexibility index (Phi) is 11.6. The van der Waals surface area contributed by atoms with Crippen LogP contribution in [0.2, 0.25) is 0 Å². The van der Waals surface area contributed by atoms with Gasteiger partial charge >= 0.3 is 11.9 Å². The van der Waals surface area contributed by atoms with Gasteiger partial charge in [-0.15, -0.1) is 0 Å². The highest BCUT2D eigenvalue weighted by molar-refractivity contribution is 5.66. The Morgan fingerprint density at radius 1 is 0.552 bits per heavy atom. The fourth-order valence-electron chi connectivity index (χ4n) is 17.8. The van der Waals surface area contributed by atoms with Crippen molar-refractivity contribution in [1.82, 2.24) is 0 Å². The lowest BCUT2D eigenvalue weighted by molar-refractivity contribution is -0.184. The number of azo groups is 1. The number of hydrogen-bond acceptors (Lipinski definition) is 8. The van der Waals surface area contributed by atoms with E-state index in [1.54, 1.807) is 0 Å². The van der Waals surface area contributed by atoms with Gasteiger partial charge in [-0.1, -0.05) is 41.5 Å². The molecule has 10 nitrogen and oxygen atoms in total. The molecule has 10 heteroatoms. The maximum absolute atomic E-state index is 12.3. The highest BCUT2D eigenvalue weighted by Crippen LogP contribution is 2.71.